The van der Waals surface area contributed by atoms with Crippen LogP contribution in [-0.4, -0.2) is 18.5 Å². The van der Waals surface area contributed by atoms with Crippen molar-refractivity contribution in [1.82, 2.24) is 10.6 Å². The first-order valence-electron chi connectivity index (χ1n) is 6.50. The lowest BCUT2D eigenvalue weighted by Crippen LogP contribution is -2.37. The number of hydrogen-bond donors (Lipinski definition) is 3. The summed E-state index contributed by atoms with van der Waals surface area (Å²) in [7, 11) is 0. The molecule has 0 aliphatic heterocycles. The Morgan fingerprint density at radius 3 is 2.47 bits per heavy atom. The lowest BCUT2D eigenvalue weighted by atomic mass is 9.89. The van der Waals surface area contributed by atoms with Crippen LogP contribution < -0.4 is 16.4 Å². The highest BCUT2D eigenvalue weighted by molar-refractivity contribution is 6.06. The molecule has 1 fully saturated rings. The average Bonchev–Trinajstić information content (AvgIpc) is 2.37. The predicted molar refractivity (Wildman–Crippen MR) is 70.6 cm³/mol. The Morgan fingerprint density at radius 2 is 1.95 bits per heavy atom. The third-order valence-corrected chi connectivity index (χ3v) is 3.33. The Morgan fingerprint density at radius 1 is 1.32 bits per heavy atom. The van der Waals surface area contributed by atoms with Gasteiger partial charge in [-0.05, 0) is 25.7 Å². The van der Waals surface area contributed by atoms with E-state index in [-0.39, 0.29) is 5.57 Å². The van der Waals surface area contributed by atoms with Crippen molar-refractivity contribution in [3.63, 3.8) is 0 Å². The van der Waals surface area contributed by atoms with Crippen LogP contribution in [0.4, 0.5) is 4.79 Å². The summed E-state index contributed by atoms with van der Waals surface area (Å²) in [4.78, 5) is 22.1. The minimum Gasteiger partial charge on any atom is -0.387 e. The van der Waals surface area contributed by atoms with Gasteiger partial charge in [0, 0.05) is 12.2 Å². The van der Waals surface area contributed by atoms with E-state index in [2.05, 4.69) is 5.32 Å². The maximum absolute atomic E-state index is 11.5. The molecular weight excluding hydrogens is 244 g/mol. The topological polar surface area (TPSA) is 108 Å². The first-order valence-corrected chi connectivity index (χ1v) is 6.50. The Hall–Kier alpha value is -2.03. The van der Waals surface area contributed by atoms with Gasteiger partial charge in [0.05, 0.1) is 0 Å². The van der Waals surface area contributed by atoms with Crippen molar-refractivity contribution >= 4 is 11.9 Å². The molecule has 6 heteroatoms. The second-order valence-corrected chi connectivity index (χ2v) is 4.82. The van der Waals surface area contributed by atoms with Crippen molar-refractivity contribution in [1.29, 1.82) is 5.26 Å². The fraction of sp³-hybridized carbons (Fsp3) is 0.615. The van der Waals surface area contributed by atoms with Crippen LogP contribution in [0.15, 0.2) is 11.3 Å². The van der Waals surface area contributed by atoms with Gasteiger partial charge in [0.2, 0.25) is 0 Å². The number of primary amides is 1. The van der Waals surface area contributed by atoms with E-state index in [1.807, 2.05) is 5.32 Å². The van der Waals surface area contributed by atoms with Crippen molar-refractivity contribution in [2.75, 3.05) is 6.54 Å². The van der Waals surface area contributed by atoms with Gasteiger partial charge in [0.15, 0.2) is 0 Å². The van der Waals surface area contributed by atoms with Crippen molar-refractivity contribution in [2.24, 2.45) is 11.7 Å². The summed E-state index contributed by atoms with van der Waals surface area (Å²) in [5.74, 6) is -0.175. The van der Waals surface area contributed by atoms with Crippen molar-refractivity contribution in [2.45, 2.75) is 39.0 Å². The van der Waals surface area contributed by atoms with E-state index in [4.69, 9.17) is 11.0 Å². The van der Waals surface area contributed by atoms with Gasteiger partial charge < -0.3 is 11.1 Å². The van der Waals surface area contributed by atoms with Gasteiger partial charge in [-0.2, -0.15) is 5.26 Å². The number of nitriles is 1. The van der Waals surface area contributed by atoms with Crippen LogP contribution >= 0.6 is 0 Å². The average molecular weight is 264 g/mol. The zero-order valence-corrected chi connectivity index (χ0v) is 11.2. The predicted octanol–water partition coefficient (Wildman–Crippen LogP) is 1.15. The molecule has 0 bridgehead atoms. The van der Waals surface area contributed by atoms with E-state index in [0.717, 1.165) is 6.54 Å². The molecule has 1 aliphatic carbocycles. The number of hydrogen-bond acceptors (Lipinski definition) is 4. The zero-order chi connectivity index (χ0) is 14.3. The van der Waals surface area contributed by atoms with E-state index in [1.165, 1.54) is 32.1 Å². The number of rotatable bonds is 4. The number of nitrogens with one attached hydrogen (secondary N) is 2. The molecule has 0 aromatic heterocycles. The summed E-state index contributed by atoms with van der Waals surface area (Å²) >= 11 is 0. The van der Waals surface area contributed by atoms with Gasteiger partial charge >= 0.3 is 6.03 Å². The van der Waals surface area contributed by atoms with Crippen LogP contribution in [-0.2, 0) is 4.79 Å². The van der Waals surface area contributed by atoms with Crippen LogP contribution in [0.5, 0.6) is 0 Å². The van der Waals surface area contributed by atoms with Gasteiger partial charge in [-0.15, -0.1) is 0 Å². The van der Waals surface area contributed by atoms with Crippen LogP contribution in [0.25, 0.3) is 0 Å². The van der Waals surface area contributed by atoms with Gasteiger partial charge in [-0.25, -0.2) is 4.79 Å². The minimum atomic E-state index is -0.960. The van der Waals surface area contributed by atoms with Gasteiger partial charge in [0.1, 0.15) is 11.6 Å². The standard InChI is InChI=1S/C13H20N4O2/c1-9(11(7-14)12(18)17-13(15)19)16-8-10-5-3-2-4-6-10/h10,16H,2-6,8H2,1H3,(H3,15,17,18,19). The largest absolute Gasteiger partial charge is 0.387 e. The van der Waals surface area contributed by atoms with Crippen LogP contribution in [0.3, 0.4) is 0 Å². The number of carbonyl (C=O) groups is 2. The Kier molecular flexibility index (Phi) is 5.86. The molecule has 4 N–H and O–H groups in total. The van der Waals surface area contributed by atoms with Crippen LogP contribution in [0.1, 0.15) is 39.0 Å². The second-order valence-electron chi connectivity index (χ2n) is 4.82. The molecule has 0 aromatic rings. The third kappa shape index (κ3) is 5.00. The van der Waals surface area contributed by atoms with E-state index in [0.29, 0.717) is 11.6 Å². The molecule has 1 rings (SSSR count). The molecule has 0 heterocycles. The van der Waals surface area contributed by atoms with Crippen molar-refractivity contribution in [3.8, 4) is 6.07 Å². The van der Waals surface area contributed by atoms with Gasteiger partial charge in [-0.3, -0.25) is 10.1 Å². The van der Waals surface area contributed by atoms with E-state index in [1.54, 1.807) is 13.0 Å². The maximum Gasteiger partial charge on any atom is 0.319 e. The highest BCUT2D eigenvalue weighted by Crippen LogP contribution is 2.23. The maximum atomic E-state index is 11.5. The van der Waals surface area contributed by atoms with Crippen LogP contribution in [0.2, 0.25) is 0 Å². The molecule has 0 atom stereocenters. The van der Waals surface area contributed by atoms with E-state index >= 15 is 0 Å². The van der Waals surface area contributed by atoms with Gasteiger partial charge in [-0.1, -0.05) is 19.3 Å². The van der Waals surface area contributed by atoms with Crippen LogP contribution in [0, 0.1) is 17.2 Å². The molecule has 1 saturated carbocycles. The number of carbonyl (C=O) groups excluding carboxylic acids is 2. The highest BCUT2D eigenvalue weighted by Gasteiger charge is 2.16. The Labute approximate surface area is 113 Å². The number of nitrogens with two attached hydrogens (primary N) is 1. The zero-order valence-electron chi connectivity index (χ0n) is 11.2. The molecule has 19 heavy (non-hydrogen) atoms. The van der Waals surface area contributed by atoms with E-state index in [9.17, 15) is 9.59 Å². The summed E-state index contributed by atoms with van der Waals surface area (Å²) < 4.78 is 0. The number of nitrogens with zero attached hydrogens (tertiary/aromatic N) is 1. The molecule has 0 aromatic carbocycles. The third-order valence-electron chi connectivity index (χ3n) is 3.33. The monoisotopic (exact) mass is 264 g/mol. The number of urea groups is 1. The molecule has 3 amide bonds. The SMILES string of the molecule is CC(NCC1CCCCC1)=C(C#N)C(=O)NC(N)=O. The molecule has 0 unspecified atom stereocenters. The Bertz CT molecular complexity index is 417. The summed E-state index contributed by atoms with van der Waals surface area (Å²) in [6.45, 7) is 2.41. The number of amides is 3. The first-order chi connectivity index (χ1) is 9.04. The van der Waals surface area contributed by atoms with Crippen molar-refractivity contribution in [3.05, 3.63) is 11.3 Å². The lowest BCUT2D eigenvalue weighted by molar-refractivity contribution is -0.116. The highest BCUT2D eigenvalue weighted by atomic mass is 16.2. The number of imide groups is 1. The summed E-state index contributed by atoms with van der Waals surface area (Å²) in [5, 5.41) is 13.9. The lowest BCUT2D eigenvalue weighted by Gasteiger charge is -2.22. The quantitative estimate of drug-likeness (QED) is 0.522. The van der Waals surface area contributed by atoms with Gasteiger partial charge in [0.25, 0.3) is 5.91 Å². The van der Waals surface area contributed by atoms with Crippen molar-refractivity contribution < 1.29 is 9.59 Å². The molecule has 0 saturated heterocycles. The molecule has 104 valence electrons. The summed E-state index contributed by atoms with van der Waals surface area (Å²) in [5.41, 5.74) is 5.23. The molecule has 0 spiro atoms. The molecule has 1 aliphatic rings. The minimum absolute atomic E-state index is 0.102. The molecule has 0 radical (unpaired) electrons. The molecular formula is C13H20N4O2. The number of allylic oxidation sites excluding steroid dienone is 1. The second kappa shape index (κ2) is 7.41. The smallest absolute Gasteiger partial charge is 0.319 e. The Balaban J connectivity index is 2.57. The normalized spacial score (nSPS) is 17.1. The fourth-order valence-corrected chi connectivity index (χ4v) is 2.26. The van der Waals surface area contributed by atoms with E-state index < -0.39 is 11.9 Å². The summed E-state index contributed by atoms with van der Waals surface area (Å²) in [6, 6.07) is 0.832. The summed E-state index contributed by atoms with van der Waals surface area (Å²) in [6.07, 6.45) is 6.12. The fourth-order valence-electron chi connectivity index (χ4n) is 2.26. The molecule has 6 nitrogen and oxygen atoms in total. The first kappa shape index (κ1) is 15.0.